The molecular weight excluding hydrogens is 464 g/mol. The maximum atomic E-state index is 12.5. The van der Waals surface area contributed by atoms with Crippen LogP contribution in [0.1, 0.15) is 20.0 Å². The first kappa shape index (κ1) is 22.2. The van der Waals surface area contributed by atoms with E-state index in [1.807, 2.05) is 0 Å². The summed E-state index contributed by atoms with van der Waals surface area (Å²) >= 11 is 7.44. The van der Waals surface area contributed by atoms with Gasteiger partial charge in [-0.25, -0.2) is 9.67 Å². The third-order valence-corrected chi connectivity index (χ3v) is 5.66. The molecule has 3 N–H and O–H groups in total. The fourth-order valence-electron chi connectivity index (χ4n) is 2.86. The van der Waals surface area contributed by atoms with Crippen LogP contribution in [0.4, 0.5) is 11.4 Å². The Labute approximate surface area is 197 Å². The van der Waals surface area contributed by atoms with Crippen LogP contribution in [0, 0.1) is 0 Å². The second-order valence-corrected chi connectivity index (χ2v) is 8.10. The minimum atomic E-state index is -0.477. The van der Waals surface area contributed by atoms with E-state index in [0.717, 1.165) is 5.69 Å². The summed E-state index contributed by atoms with van der Waals surface area (Å²) in [4.78, 5) is 41.4. The number of nitrogens with zero attached hydrogens (tertiary/aromatic N) is 3. The van der Waals surface area contributed by atoms with Crippen LogP contribution in [0.15, 0.2) is 72.6 Å². The Morgan fingerprint density at radius 1 is 1.00 bits per heavy atom. The monoisotopic (exact) mass is 480 g/mol. The molecule has 33 heavy (non-hydrogen) atoms. The zero-order valence-corrected chi connectivity index (χ0v) is 18.6. The lowest BCUT2D eigenvalue weighted by molar-refractivity contribution is -0.115. The number of hydrogen-bond donors (Lipinski definition) is 3. The van der Waals surface area contributed by atoms with Crippen LogP contribution < -0.4 is 16.0 Å². The Balaban J connectivity index is 1.32. The third-order valence-electron chi connectivity index (χ3n) is 4.47. The number of thiophene rings is 1. The first-order valence-corrected chi connectivity index (χ1v) is 10.9. The van der Waals surface area contributed by atoms with Gasteiger partial charge in [-0.1, -0.05) is 17.7 Å². The Hall–Kier alpha value is -4.02. The molecule has 0 saturated heterocycles. The number of carbonyl (C=O) groups excluding carboxylic acids is 3. The van der Waals surface area contributed by atoms with Gasteiger partial charge in [-0.15, -0.1) is 11.3 Å². The molecule has 4 aromatic rings. The molecule has 166 valence electrons. The first-order chi connectivity index (χ1) is 16.0. The number of hydrogen-bond acceptors (Lipinski definition) is 6. The molecule has 2 aromatic carbocycles. The highest BCUT2D eigenvalue weighted by Gasteiger charge is 2.14. The summed E-state index contributed by atoms with van der Waals surface area (Å²) in [7, 11) is 0. The molecule has 9 nitrogen and oxygen atoms in total. The minimum Gasteiger partial charge on any atom is -0.343 e. The van der Waals surface area contributed by atoms with Crippen molar-refractivity contribution in [2.45, 2.75) is 0 Å². The number of carbonyl (C=O) groups is 3. The van der Waals surface area contributed by atoms with Crippen LogP contribution in [0.25, 0.3) is 5.69 Å². The summed E-state index contributed by atoms with van der Waals surface area (Å²) in [6.07, 6.45) is 3.00. The molecule has 0 aliphatic rings. The lowest BCUT2D eigenvalue weighted by Crippen LogP contribution is -2.32. The van der Waals surface area contributed by atoms with E-state index in [1.54, 1.807) is 52.8 Å². The zero-order chi connectivity index (χ0) is 23.2. The lowest BCUT2D eigenvalue weighted by Gasteiger charge is -2.10. The van der Waals surface area contributed by atoms with Gasteiger partial charge in [-0.3, -0.25) is 14.4 Å². The van der Waals surface area contributed by atoms with Gasteiger partial charge >= 0.3 is 0 Å². The van der Waals surface area contributed by atoms with Gasteiger partial charge in [0.25, 0.3) is 11.8 Å². The van der Waals surface area contributed by atoms with Crippen molar-refractivity contribution in [3.05, 3.63) is 88.1 Å². The average molecular weight is 481 g/mol. The molecule has 2 heterocycles. The molecular formula is C22H17ClN6O3S. The molecule has 0 aliphatic heterocycles. The van der Waals surface area contributed by atoms with Crippen LogP contribution in [0.3, 0.4) is 0 Å². The second-order valence-electron chi connectivity index (χ2n) is 6.74. The van der Waals surface area contributed by atoms with Crippen molar-refractivity contribution < 1.29 is 14.4 Å². The van der Waals surface area contributed by atoms with Gasteiger partial charge in [0, 0.05) is 11.3 Å². The van der Waals surface area contributed by atoms with E-state index in [9.17, 15) is 14.4 Å². The van der Waals surface area contributed by atoms with Crippen LogP contribution in [-0.2, 0) is 4.79 Å². The predicted octanol–water partition coefficient (Wildman–Crippen LogP) is 3.60. The standard InChI is InChI=1S/C22H17ClN6O3S/c23-17-8-3-14(10-18(17)28-22(32)19-2-1-9-33-19)21(31)25-11-20(30)27-15-4-6-16(7-5-15)29-13-24-12-26-29/h1-10,12-13H,11H2,(H,25,31)(H,27,30)(H,28,32). The summed E-state index contributed by atoms with van der Waals surface area (Å²) in [6, 6.07) is 14.9. The molecule has 0 bridgehead atoms. The Bertz CT molecular complexity index is 1270. The van der Waals surface area contributed by atoms with Crippen molar-refractivity contribution in [1.29, 1.82) is 0 Å². The van der Waals surface area contributed by atoms with Crippen molar-refractivity contribution in [2.24, 2.45) is 0 Å². The molecule has 2 aromatic heterocycles. The quantitative estimate of drug-likeness (QED) is 0.373. The van der Waals surface area contributed by atoms with E-state index in [-0.39, 0.29) is 18.0 Å². The maximum absolute atomic E-state index is 12.5. The number of halogens is 1. The number of nitrogens with one attached hydrogen (secondary N) is 3. The van der Waals surface area contributed by atoms with Gasteiger partial charge in [0.05, 0.1) is 27.8 Å². The number of amides is 3. The molecule has 0 spiro atoms. The van der Waals surface area contributed by atoms with E-state index < -0.39 is 11.8 Å². The van der Waals surface area contributed by atoms with Gasteiger partial charge in [-0.05, 0) is 53.9 Å². The predicted molar refractivity (Wildman–Crippen MR) is 126 cm³/mol. The van der Waals surface area contributed by atoms with E-state index in [1.165, 1.54) is 35.9 Å². The van der Waals surface area contributed by atoms with Crippen LogP contribution in [0.5, 0.6) is 0 Å². The number of aromatic nitrogens is 3. The highest BCUT2D eigenvalue weighted by molar-refractivity contribution is 7.12. The van der Waals surface area contributed by atoms with Gasteiger partial charge in [0.15, 0.2) is 0 Å². The van der Waals surface area contributed by atoms with E-state index >= 15 is 0 Å². The lowest BCUT2D eigenvalue weighted by atomic mass is 10.2. The molecule has 0 unspecified atom stereocenters. The van der Waals surface area contributed by atoms with Crippen LogP contribution in [-0.4, -0.2) is 39.0 Å². The largest absolute Gasteiger partial charge is 0.343 e. The van der Waals surface area contributed by atoms with Crippen molar-refractivity contribution in [3.8, 4) is 5.69 Å². The fourth-order valence-corrected chi connectivity index (χ4v) is 3.64. The van der Waals surface area contributed by atoms with E-state index in [4.69, 9.17) is 11.6 Å². The Kier molecular flexibility index (Phi) is 6.77. The molecule has 0 atom stereocenters. The SMILES string of the molecule is O=C(CNC(=O)c1ccc(Cl)c(NC(=O)c2cccs2)c1)Nc1ccc(-n2cncn2)cc1. The highest BCUT2D eigenvalue weighted by Crippen LogP contribution is 2.24. The van der Waals surface area contributed by atoms with Gasteiger partial charge in [0.1, 0.15) is 12.7 Å². The molecule has 4 rings (SSSR count). The number of anilines is 2. The summed E-state index contributed by atoms with van der Waals surface area (Å²) in [5.41, 5.74) is 1.93. The first-order valence-electron chi connectivity index (χ1n) is 9.67. The highest BCUT2D eigenvalue weighted by atomic mass is 35.5. The van der Waals surface area contributed by atoms with E-state index in [0.29, 0.717) is 21.3 Å². The summed E-state index contributed by atoms with van der Waals surface area (Å²) in [6.45, 7) is -0.233. The smallest absolute Gasteiger partial charge is 0.265 e. The zero-order valence-electron chi connectivity index (χ0n) is 17.0. The molecule has 0 saturated carbocycles. The van der Waals surface area contributed by atoms with Crippen molar-refractivity contribution in [2.75, 3.05) is 17.2 Å². The van der Waals surface area contributed by atoms with Crippen LogP contribution >= 0.6 is 22.9 Å². The maximum Gasteiger partial charge on any atom is 0.265 e. The number of benzene rings is 2. The fraction of sp³-hybridized carbons (Fsp3) is 0.0455. The summed E-state index contributed by atoms with van der Waals surface area (Å²) in [5, 5.41) is 14.1. The molecule has 0 aliphatic carbocycles. The minimum absolute atomic E-state index is 0.233. The topological polar surface area (TPSA) is 118 Å². The van der Waals surface area contributed by atoms with Crippen LogP contribution in [0.2, 0.25) is 5.02 Å². The van der Waals surface area contributed by atoms with Crippen molar-refractivity contribution in [1.82, 2.24) is 20.1 Å². The second kappa shape index (κ2) is 10.1. The van der Waals surface area contributed by atoms with Gasteiger partial charge < -0.3 is 16.0 Å². The summed E-state index contributed by atoms with van der Waals surface area (Å²) < 4.78 is 1.59. The Morgan fingerprint density at radius 2 is 1.82 bits per heavy atom. The molecule has 3 amide bonds. The molecule has 0 radical (unpaired) electrons. The van der Waals surface area contributed by atoms with Crippen molar-refractivity contribution >= 4 is 52.0 Å². The molecule has 0 fully saturated rings. The van der Waals surface area contributed by atoms with Crippen molar-refractivity contribution in [3.63, 3.8) is 0 Å². The molecule has 11 heteroatoms. The third kappa shape index (κ3) is 5.62. The van der Waals surface area contributed by atoms with Gasteiger partial charge in [-0.2, -0.15) is 5.10 Å². The van der Waals surface area contributed by atoms with E-state index in [2.05, 4.69) is 26.0 Å². The normalized spacial score (nSPS) is 10.5. The number of rotatable bonds is 7. The Morgan fingerprint density at radius 3 is 2.52 bits per heavy atom. The summed E-state index contributed by atoms with van der Waals surface area (Å²) in [5.74, 6) is -1.19. The van der Waals surface area contributed by atoms with Gasteiger partial charge in [0.2, 0.25) is 5.91 Å². The average Bonchev–Trinajstić information content (AvgIpc) is 3.54.